The highest BCUT2D eigenvalue weighted by atomic mass is 32.1. The van der Waals surface area contributed by atoms with Crippen molar-refractivity contribution >= 4 is 28.9 Å². The third-order valence-corrected chi connectivity index (χ3v) is 6.96. The van der Waals surface area contributed by atoms with Crippen LogP contribution in [0.25, 0.3) is 5.69 Å². The van der Waals surface area contributed by atoms with Crippen LogP contribution in [0.1, 0.15) is 35.5 Å². The van der Waals surface area contributed by atoms with E-state index in [9.17, 15) is 4.79 Å². The Morgan fingerprint density at radius 3 is 2.70 bits per heavy atom. The fourth-order valence-electron chi connectivity index (χ4n) is 4.75. The number of ether oxygens (including phenoxy) is 1. The molecule has 188 valence electrons. The minimum absolute atomic E-state index is 0.0553. The predicted octanol–water partition coefficient (Wildman–Crippen LogP) is 5.19. The molecule has 0 saturated carbocycles. The fourth-order valence-corrected chi connectivity index (χ4v) is 5.08. The highest BCUT2D eigenvalue weighted by molar-refractivity contribution is 7.80. The normalized spacial score (nSPS) is 16.9. The van der Waals surface area contributed by atoms with Crippen molar-refractivity contribution in [3.05, 3.63) is 108 Å². The van der Waals surface area contributed by atoms with Crippen LogP contribution in [0.15, 0.2) is 91.3 Å². The van der Waals surface area contributed by atoms with Crippen LogP contribution in [0.5, 0.6) is 5.75 Å². The van der Waals surface area contributed by atoms with Crippen molar-refractivity contribution < 1.29 is 9.53 Å². The van der Waals surface area contributed by atoms with E-state index in [0.717, 1.165) is 34.1 Å². The second-order valence-electron chi connectivity index (χ2n) is 8.94. The lowest BCUT2D eigenvalue weighted by Gasteiger charge is -2.29. The minimum Gasteiger partial charge on any atom is -0.497 e. The van der Waals surface area contributed by atoms with Gasteiger partial charge in [-0.2, -0.15) is 0 Å². The van der Waals surface area contributed by atoms with E-state index in [4.69, 9.17) is 17.0 Å². The number of para-hydroxylation sites is 1. The van der Waals surface area contributed by atoms with Crippen molar-refractivity contribution in [2.45, 2.75) is 25.4 Å². The van der Waals surface area contributed by atoms with Crippen molar-refractivity contribution in [1.29, 1.82) is 0 Å². The zero-order chi connectivity index (χ0) is 25.8. The highest BCUT2D eigenvalue weighted by Gasteiger charge is 2.41. The number of carbonyl (C=O) groups excluding carboxylic acids is 1. The number of aryl methyl sites for hydroxylation is 1. The smallest absolute Gasteiger partial charge is 0.226 e. The van der Waals surface area contributed by atoms with E-state index in [1.54, 1.807) is 13.3 Å². The van der Waals surface area contributed by atoms with E-state index >= 15 is 0 Å². The first-order valence-corrected chi connectivity index (χ1v) is 12.6. The summed E-state index contributed by atoms with van der Waals surface area (Å²) in [5, 5.41) is 7.10. The summed E-state index contributed by atoms with van der Waals surface area (Å²) in [4.78, 5) is 19.6. The quantitative estimate of drug-likeness (QED) is 0.317. The average Bonchev–Trinajstić information content (AvgIpc) is 3.53. The van der Waals surface area contributed by atoms with Gasteiger partial charge in [0.05, 0.1) is 24.9 Å². The molecule has 8 heteroatoms. The average molecular weight is 512 g/mol. The van der Waals surface area contributed by atoms with Gasteiger partial charge in [-0.15, -0.1) is 0 Å². The Bertz CT molecular complexity index is 1400. The van der Waals surface area contributed by atoms with Crippen molar-refractivity contribution in [1.82, 2.24) is 19.8 Å². The van der Waals surface area contributed by atoms with Gasteiger partial charge < -0.3 is 24.8 Å². The van der Waals surface area contributed by atoms with Crippen molar-refractivity contribution in [2.24, 2.45) is 0 Å². The first kappa shape index (κ1) is 24.5. The summed E-state index contributed by atoms with van der Waals surface area (Å²) < 4.78 is 7.60. The molecule has 1 aliphatic rings. The Kier molecular flexibility index (Phi) is 7.18. The maximum absolute atomic E-state index is 12.9. The summed E-state index contributed by atoms with van der Waals surface area (Å²) in [5.74, 6) is 0.726. The molecule has 3 heterocycles. The molecule has 2 atom stereocenters. The summed E-state index contributed by atoms with van der Waals surface area (Å²) in [6.07, 6.45) is 4.11. The molecule has 2 aromatic carbocycles. The van der Waals surface area contributed by atoms with Gasteiger partial charge in [-0.3, -0.25) is 9.78 Å². The molecule has 0 bridgehead atoms. The number of nitrogens with zero attached hydrogens (tertiary/aromatic N) is 3. The number of hydrogen-bond donors (Lipinski definition) is 2. The van der Waals surface area contributed by atoms with Crippen LogP contribution in [0, 0.1) is 6.92 Å². The van der Waals surface area contributed by atoms with E-state index in [2.05, 4.69) is 31.2 Å². The standard InChI is InChI=1S/C29H29N5O2S/c1-20-9-3-4-12-23(20)31-26(35)15-18-34-28(27(32-29(34)37)24-13-5-6-16-30-24)25-14-8-17-33(25)21-10-7-11-22(19-21)36-2/h3-14,16-17,19,27-28H,15,18H2,1-2H3,(H,31,35)(H,32,37)/t27-,28-/m1/s1. The second kappa shape index (κ2) is 10.8. The van der Waals surface area contributed by atoms with Gasteiger partial charge in [-0.1, -0.05) is 30.3 Å². The lowest BCUT2D eigenvalue weighted by molar-refractivity contribution is -0.116. The lowest BCUT2D eigenvalue weighted by Crippen LogP contribution is -2.33. The molecular formula is C29H29N5O2S. The third-order valence-electron chi connectivity index (χ3n) is 6.61. The molecule has 5 rings (SSSR count). The number of thiocarbonyl (C=S) groups is 1. The number of anilines is 1. The number of aromatic nitrogens is 2. The van der Waals surface area contributed by atoms with Crippen molar-refractivity contribution in [2.75, 3.05) is 19.0 Å². The molecule has 1 amide bonds. The maximum Gasteiger partial charge on any atom is 0.226 e. The number of nitrogens with one attached hydrogen (secondary N) is 2. The topological polar surface area (TPSA) is 71.4 Å². The first-order chi connectivity index (χ1) is 18.0. The molecule has 0 unspecified atom stereocenters. The maximum atomic E-state index is 12.9. The SMILES string of the molecule is COc1cccc(-n2cccc2[C@@H]2[C@@H](c3ccccn3)NC(=S)N2CCC(=O)Nc2ccccc2C)c1. The van der Waals surface area contributed by atoms with Crippen LogP contribution >= 0.6 is 12.2 Å². The molecule has 1 fully saturated rings. The monoisotopic (exact) mass is 511 g/mol. The Morgan fingerprint density at radius 2 is 1.92 bits per heavy atom. The van der Waals surface area contributed by atoms with Gasteiger partial charge in [-0.05, 0) is 67.2 Å². The summed E-state index contributed by atoms with van der Waals surface area (Å²) in [6, 6.07) is 25.4. The Hall–Kier alpha value is -4.17. The fraction of sp³-hybridized carbons (Fsp3) is 0.207. The van der Waals surface area contributed by atoms with Crippen LogP contribution < -0.4 is 15.4 Å². The number of pyridine rings is 1. The van der Waals surface area contributed by atoms with Gasteiger partial charge in [0.1, 0.15) is 5.75 Å². The number of methoxy groups -OCH3 is 1. The number of rotatable bonds is 8. The number of carbonyl (C=O) groups is 1. The van der Waals surface area contributed by atoms with Crippen LogP contribution in [0.2, 0.25) is 0 Å². The largest absolute Gasteiger partial charge is 0.497 e. The Morgan fingerprint density at radius 1 is 1.08 bits per heavy atom. The van der Waals surface area contributed by atoms with Crippen LogP contribution in [-0.2, 0) is 4.79 Å². The summed E-state index contributed by atoms with van der Waals surface area (Å²) in [7, 11) is 1.66. The van der Waals surface area contributed by atoms with Crippen molar-refractivity contribution in [3.63, 3.8) is 0 Å². The Labute approximate surface area is 222 Å². The van der Waals surface area contributed by atoms with Crippen LogP contribution in [0.4, 0.5) is 5.69 Å². The highest BCUT2D eigenvalue weighted by Crippen LogP contribution is 2.39. The lowest BCUT2D eigenvalue weighted by atomic mass is 10.0. The van der Waals surface area contributed by atoms with Crippen LogP contribution in [-0.4, -0.2) is 39.1 Å². The molecule has 2 aromatic heterocycles. The molecule has 37 heavy (non-hydrogen) atoms. The van der Waals surface area contributed by atoms with Gasteiger partial charge in [0.25, 0.3) is 0 Å². The third kappa shape index (κ3) is 5.20. The number of hydrogen-bond acceptors (Lipinski definition) is 4. The minimum atomic E-state index is -0.174. The molecule has 4 aromatic rings. The van der Waals surface area contributed by atoms with Gasteiger partial charge in [0, 0.05) is 48.5 Å². The molecule has 0 radical (unpaired) electrons. The molecule has 7 nitrogen and oxygen atoms in total. The first-order valence-electron chi connectivity index (χ1n) is 12.2. The summed E-state index contributed by atoms with van der Waals surface area (Å²) in [5.41, 5.74) is 4.76. The van der Waals surface area contributed by atoms with E-state index in [1.807, 2.05) is 85.9 Å². The predicted molar refractivity (Wildman–Crippen MR) is 149 cm³/mol. The molecule has 2 N–H and O–H groups in total. The second-order valence-corrected chi connectivity index (χ2v) is 9.32. The molecule has 1 aliphatic heterocycles. The van der Waals surface area contributed by atoms with Gasteiger partial charge in [-0.25, -0.2) is 0 Å². The van der Waals surface area contributed by atoms with E-state index in [0.29, 0.717) is 18.1 Å². The molecular weight excluding hydrogens is 482 g/mol. The number of amides is 1. The zero-order valence-electron chi connectivity index (χ0n) is 20.8. The molecule has 0 spiro atoms. The molecule has 1 saturated heterocycles. The number of benzene rings is 2. The van der Waals surface area contributed by atoms with Crippen molar-refractivity contribution in [3.8, 4) is 11.4 Å². The zero-order valence-corrected chi connectivity index (χ0v) is 21.6. The summed E-state index contributed by atoms with van der Waals surface area (Å²) in [6.45, 7) is 2.44. The van der Waals surface area contributed by atoms with E-state index < -0.39 is 0 Å². The van der Waals surface area contributed by atoms with E-state index in [-0.39, 0.29) is 18.0 Å². The van der Waals surface area contributed by atoms with E-state index in [1.165, 1.54) is 0 Å². The van der Waals surface area contributed by atoms with Gasteiger partial charge in [0.2, 0.25) is 5.91 Å². The summed E-state index contributed by atoms with van der Waals surface area (Å²) >= 11 is 5.80. The Balaban J connectivity index is 1.45. The molecule has 0 aliphatic carbocycles. The van der Waals surface area contributed by atoms with Gasteiger partial charge >= 0.3 is 0 Å². The van der Waals surface area contributed by atoms with Gasteiger partial charge in [0.15, 0.2) is 5.11 Å². The van der Waals surface area contributed by atoms with Crippen LogP contribution in [0.3, 0.4) is 0 Å².